The van der Waals surface area contributed by atoms with Crippen molar-refractivity contribution in [1.29, 1.82) is 0 Å². The summed E-state index contributed by atoms with van der Waals surface area (Å²) >= 11 is 0. The van der Waals surface area contributed by atoms with Crippen LogP contribution in [0.25, 0.3) is 0 Å². The van der Waals surface area contributed by atoms with E-state index >= 15 is 0 Å². The number of hydrogen-bond acceptors (Lipinski definition) is 5. The second-order valence-corrected chi connectivity index (χ2v) is 6.95. The van der Waals surface area contributed by atoms with Crippen molar-refractivity contribution in [1.82, 2.24) is 4.90 Å². The molecule has 1 atom stereocenters. The minimum atomic E-state index is 0.153. The Morgan fingerprint density at radius 3 is 2.45 bits per heavy atom. The first-order chi connectivity index (χ1) is 14.1. The lowest BCUT2D eigenvalue weighted by molar-refractivity contribution is 0.251. The van der Waals surface area contributed by atoms with Crippen molar-refractivity contribution < 1.29 is 14.2 Å². The molecule has 0 bridgehead atoms. The second-order valence-electron chi connectivity index (χ2n) is 6.95. The normalized spacial score (nSPS) is 15.8. The first-order valence-corrected chi connectivity index (χ1v) is 9.81. The maximum absolute atomic E-state index is 6.20. The molecule has 29 heavy (non-hydrogen) atoms. The number of nitrogens with two attached hydrogens (primary N) is 1. The molecule has 0 aliphatic carbocycles. The van der Waals surface area contributed by atoms with Crippen LogP contribution >= 0.6 is 0 Å². The first-order valence-electron chi connectivity index (χ1n) is 9.81. The molecule has 2 aromatic rings. The summed E-state index contributed by atoms with van der Waals surface area (Å²) in [5.41, 5.74) is 8.10. The number of aliphatic imine (C=N–C) groups is 1. The molecule has 3 N–H and O–H groups in total. The molecule has 1 aliphatic heterocycles. The van der Waals surface area contributed by atoms with Gasteiger partial charge in [0.1, 0.15) is 17.2 Å². The summed E-state index contributed by atoms with van der Waals surface area (Å²) in [5, 5.41) is 3.14. The maximum Gasteiger partial charge on any atom is 0.193 e. The van der Waals surface area contributed by atoms with Crippen molar-refractivity contribution in [2.45, 2.75) is 18.9 Å². The van der Waals surface area contributed by atoms with E-state index in [-0.39, 0.29) is 6.04 Å². The van der Waals surface area contributed by atoms with Gasteiger partial charge in [-0.25, -0.2) is 0 Å². The molecule has 7 nitrogen and oxygen atoms in total. The monoisotopic (exact) mass is 398 g/mol. The highest BCUT2D eigenvalue weighted by Crippen LogP contribution is 2.30. The molecule has 0 saturated carbocycles. The Morgan fingerprint density at radius 1 is 1.03 bits per heavy atom. The van der Waals surface area contributed by atoms with Crippen LogP contribution in [0.3, 0.4) is 0 Å². The van der Waals surface area contributed by atoms with Crippen LogP contribution < -0.4 is 25.3 Å². The molecule has 1 heterocycles. The smallest absolute Gasteiger partial charge is 0.193 e. The van der Waals surface area contributed by atoms with Crippen molar-refractivity contribution >= 4 is 11.6 Å². The third-order valence-electron chi connectivity index (χ3n) is 5.16. The molecule has 0 spiro atoms. The van der Waals surface area contributed by atoms with Gasteiger partial charge < -0.3 is 25.3 Å². The number of hydrogen-bond donors (Lipinski definition) is 2. The van der Waals surface area contributed by atoms with Gasteiger partial charge >= 0.3 is 0 Å². The number of rotatable bonds is 8. The fourth-order valence-corrected chi connectivity index (χ4v) is 3.61. The Kier molecular flexibility index (Phi) is 7.19. The summed E-state index contributed by atoms with van der Waals surface area (Å²) in [6.07, 6.45) is 2.41. The summed E-state index contributed by atoms with van der Waals surface area (Å²) in [6.45, 7) is 2.68. The number of anilines is 1. The summed E-state index contributed by atoms with van der Waals surface area (Å²) in [4.78, 5) is 7.09. The number of methoxy groups -OCH3 is 3. The Balaban J connectivity index is 1.78. The standard InChI is InChI=1S/C22H30N4O3/c1-27-17-8-6-7-16(13-17)20(26-11-4-5-12-26)15-24-22(23)25-19-14-18(28-2)9-10-21(19)29-3/h6-10,13-14,20H,4-5,11-12,15H2,1-3H3,(H3,23,24,25). The summed E-state index contributed by atoms with van der Waals surface area (Å²) in [7, 11) is 4.93. The van der Waals surface area contributed by atoms with Crippen molar-refractivity contribution in [3.05, 3.63) is 48.0 Å². The van der Waals surface area contributed by atoms with Crippen LogP contribution in [0, 0.1) is 0 Å². The van der Waals surface area contributed by atoms with Crippen LogP contribution in [0.2, 0.25) is 0 Å². The SMILES string of the molecule is COc1cccc(C(CN=C(N)Nc2cc(OC)ccc2OC)N2CCCC2)c1. The van der Waals surface area contributed by atoms with Gasteiger partial charge in [-0.2, -0.15) is 0 Å². The van der Waals surface area contributed by atoms with Gasteiger partial charge in [-0.15, -0.1) is 0 Å². The molecule has 1 fully saturated rings. The van der Waals surface area contributed by atoms with Crippen LogP contribution in [0.5, 0.6) is 17.2 Å². The van der Waals surface area contributed by atoms with Gasteiger partial charge in [0, 0.05) is 6.07 Å². The predicted molar refractivity (Wildman–Crippen MR) is 116 cm³/mol. The van der Waals surface area contributed by atoms with E-state index in [1.807, 2.05) is 30.3 Å². The minimum Gasteiger partial charge on any atom is -0.497 e. The summed E-state index contributed by atoms with van der Waals surface area (Å²) < 4.78 is 16.1. The maximum atomic E-state index is 6.20. The summed E-state index contributed by atoms with van der Waals surface area (Å²) in [5.74, 6) is 2.58. The fraction of sp³-hybridized carbons (Fsp3) is 0.409. The Hall–Kier alpha value is -2.93. The highest BCUT2D eigenvalue weighted by molar-refractivity contribution is 5.94. The van der Waals surface area contributed by atoms with Gasteiger partial charge in [0.2, 0.25) is 0 Å². The van der Waals surface area contributed by atoms with Crippen LogP contribution in [-0.4, -0.2) is 51.8 Å². The third-order valence-corrected chi connectivity index (χ3v) is 5.16. The van der Waals surface area contributed by atoms with E-state index in [1.165, 1.54) is 18.4 Å². The van der Waals surface area contributed by atoms with Gasteiger partial charge in [0.15, 0.2) is 5.96 Å². The van der Waals surface area contributed by atoms with E-state index in [4.69, 9.17) is 19.9 Å². The lowest BCUT2D eigenvalue weighted by Crippen LogP contribution is -2.30. The fourth-order valence-electron chi connectivity index (χ4n) is 3.61. The quantitative estimate of drug-likeness (QED) is 0.525. The molecule has 0 radical (unpaired) electrons. The molecule has 156 valence electrons. The molecular weight excluding hydrogens is 368 g/mol. The zero-order valence-electron chi connectivity index (χ0n) is 17.4. The Labute approximate surface area is 172 Å². The van der Waals surface area contributed by atoms with Crippen molar-refractivity contribution in [3.63, 3.8) is 0 Å². The number of likely N-dealkylation sites (tertiary alicyclic amines) is 1. The molecule has 3 rings (SSSR count). The van der Waals surface area contributed by atoms with E-state index < -0.39 is 0 Å². The van der Waals surface area contributed by atoms with Gasteiger partial charge in [0.25, 0.3) is 0 Å². The van der Waals surface area contributed by atoms with Crippen LogP contribution in [0.15, 0.2) is 47.5 Å². The summed E-state index contributed by atoms with van der Waals surface area (Å²) in [6, 6.07) is 13.8. The van der Waals surface area contributed by atoms with Crippen LogP contribution in [0.1, 0.15) is 24.4 Å². The largest absolute Gasteiger partial charge is 0.497 e. The van der Waals surface area contributed by atoms with Crippen molar-refractivity contribution in [2.75, 3.05) is 46.3 Å². The second kappa shape index (κ2) is 10.0. The van der Waals surface area contributed by atoms with E-state index in [2.05, 4.69) is 27.3 Å². The molecule has 0 amide bonds. The zero-order chi connectivity index (χ0) is 20.6. The van der Waals surface area contributed by atoms with Crippen molar-refractivity contribution in [2.24, 2.45) is 10.7 Å². The number of ether oxygens (including phenoxy) is 3. The molecule has 7 heteroatoms. The number of nitrogens with one attached hydrogen (secondary N) is 1. The molecule has 2 aromatic carbocycles. The number of guanidine groups is 1. The van der Waals surface area contributed by atoms with Crippen LogP contribution in [-0.2, 0) is 0 Å². The van der Waals surface area contributed by atoms with Crippen molar-refractivity contribution in [3.8, 4) is 17.2 Å². The van der Waals surface area contributed by atoms with Gasteiger partial charge in [-0.05, 0) is 55.8 Å². The third kappa shape index (κ3) is 5.32. The molecular formula is C22H30N4O3. The molecule has 1 saturated heterocycles. The molecule has 1 unspecified atom stereocenters. The first kappa shape index (κ1) is 20.8. The van der Waals surface area contributed by atoms with Gasteiger partial charge in [-0.1, -0.05) is 12.1 Å². The van der Waals surface area contributed by atoms with Gasteiger partial charge in [-0.3, -0.25) is 9.89 Å². The predicted octanol–water partition coefficient (Wildman–Crippen LogP) is 3.28. The minimum absolute atomic E-state index is 0.153. The number of benzene rings is 2. The van der Waals surface area contributed by atoms with E-state index in [9.17, 15) is 0 Å². The lowest BCUT2D eigenvalue weighted by atomic mass is 10.1. The van der Waals surface area contributed by atoms with Crippen LogP contribution in [0.4, 0.5) is 5.69 Å². The zero-order valence-corrected chi connectivity index (χ0v) is 17.4. The van der Waals surface area contributed by atoms with E-state index in [0.717, 1.165) is 18.8 Å². The topological polar surface area (TPSA) is 81.3 Å². The Morgan fingerprint density at radius 2 is 1.76 bits per heavy atom. The molecule has 0 aromatic heterocycles. The number of nitrogens with zero attached hydrogens (tertiary/aromatic N) is 2. The average molecular weight is 399 g/mol. The highest BCUT2D eigenvalue weighted by atomic mass is 16.5. The van der Waals surface area contributed by atoms with E-state index in [1.54, 1.807) is 21.3 Å². The Bertz CT molecular complexity index is 835. The van der Waals surface area contributed by atoms with Gasteiger partial charge in [0.05, 0.1) is 39.6 Å². The van der Waals surface area contributed by atoms with E-state index in [0.29, 0.717) is 29.7 Å². The highest BCUT2D eigenvalue weighted by Gasteiger charge is 2.23. The lowest BCUT2D eigenvalue weighted by Gasteiger charge is -2.27. The molecule has 1 aliphatic rings. The average Bonchev–Trinajstić information content (AvgIpc) is 3.28.